The Kier molecular flexibility index (Phi) is 4.47. The van der Waals surface area contributed by atoms with Gasteiger partial charge in [-0.15, -0.1) is 0 Å². The molecule has 0 spiro atoms. The van der Waals surface area contributed by atoms with Crippen molar-refractivity contribution in [3.8, 4) is 0 Å². The molecule has 1 aliphatic rings. The van der Waals surface area contributed by atoms with E-state index in [4.69, 9.17) is 5.73 Å². The number of allylic oxidation sites excluding steroid dienone is 4. The molecule has 0 amide bonds. The third kappa shape index (κ3) is 4.86. The lowest BCUT2D eigenvalue weighted by molar-refractivity contribution is 1.04. The van der Waals surface area contributed by atoms with Crippen molar-refractivity contribution in [2.75, 3.05) is 5.73 Å². The van der Waals surface area contributed by atoms with Gasteiger partial charge in [-0.25, -0.2) is 0 Å². The van der Waals surface area contributed by atoms with Crippen LogP contribution < -0.4 is 5.73 Å². The Bertz CT molecular complexity index is 260. The standard InChI is InChI=1S/C6H7N.C6H8/c7-6-4-2-1-3-5-6;1-2-4-6-5-3-1/h1-5H,7H2;1-4H,5-6H2. The largest absolute Gasteiger partial charge is 0.399 e. The number of para-hydroxylation sites is 1. The van der Waals surface area contributed by atoms with Crippen molar-refractivity contribution in [1.82, 2.24) is 0 Å². The number of hydrogen-bond donors (Lipinski definition) is 1. The molecule has 2 N–H and O–H groups in total. The van der Waals surface area contributed by atoms with Crippen LogP contribution in [0.5, 0.6) is 0 Å². The molecule has 13 heavy (non-hydrogen) atoms. The Hall–Kier alpha value is -1.50. The molecular formula is C12H15N. The minimum Gasteiger partial charge on any atom is -0.399 e. The molecule has 1 aromatic rings. The van der Waals surface area contributed by atoms with E-state index >= 15 is 0 Å². The third-order valence-electron chi connectivity index (χ3n) is 1.68. The molecule has 0 aliphatic heterocycles. The van der Waals surface area contributed by atoms with Gasteiger partial charge in [0.15, 0.2) is 0 Å². The molecule has 1 heteroatoms. The molecule has 0 saturated heterocycles. The van der Waals surface area contributed by atoms with Crippen LogP contribution in [0.25, 0.3) is 0 Å². The second-order valence-corrected chi connectivity index (χ2v) is 2.84. The van der Waals surface area contributed by atoms with Crippen LogP contribution in [-0.4, -0.2) is 0 Å². The fourth-order valence-electron chi connectivity index (χ4n) is 0.995. The predicted octanol–water partition coefficient (Wildman–Crippen LogP) is 3.16. The highest BCUT2D eigenvalue weighted by Crippen LogP contribution is 1.98. The van der Waals surface area contributed by atoms with Crippen LogP contribution in [0.15, 0.2) is 54.6 Å². The molecule has 0 aromatic heterocycles. The molecular weight excluding hydrogens is 158 g/mol. The van der Waals surface area contributed by atoms with E-state index in [0.717, 1.165) is 5.69 Å². The van der Waals surface area contributed by atoms with Gasteiger partial charge in [0.1, 0.15) is 0 Å². The van der Waals surface area contributed by atoms with E-state index in [1.54, 1.807) is 0 Å². The maximum Gasteiger partial charge on any atom is 0.0313 e. The zero-order valence-electron chi connectivity index (χ0n) is 7.69. The normalized spacial score (nSPS) is 13.2. The van der Waals surface area contributed by atoms with Crippen LogP contribution in [0, 0.1) is 0 Å². The smallest absolute Gasteiger partial charge is 0.0313 e. The number of nitrogens with two attached hydrogens (primary N) is 1. The molecule has 1 aliphatic carbocycles. The average Bonchev–Trinajstić information content (AvgIpc) is 2.22. The zero-order chi connectivity index (χ0) is 9.36. The summed E-state index contributed by atoms with van der Waals surface area (Å²) in [7, 11) is 0. The van der Waals surface area contributed by atoms with Gasteiger partial charge >= 0.3 is 0 Å². The predicted molar refractivity (Wildman–Crippen MR) is 58.4 cm³/mol. The first-order valence-electron chi connectivity index (χ1n) is 4.52. The quantitative estimate of drug-likeness (QED) is 0.599. The second kappa shape index (κ2) is 6.06. The monoisotopic (exact) mass is 173 g/mol. The Balaban J connectivity index is 0.000000132. The number of benzene rings is 1. The van der Waals surface area contributed by atoms with E-state index in [-0.39, 0.29) is 0 Å². The van der Waals surface area contributed by atoms with Crippen molar-refractivity contribution in [1.29, 1.82) is 0 Å². The summed E-state index contributed by atoms with van der Waals surface area (Å²) in [4.78, 5) is 0. The minimum absolute atomic E-state index is 0.822. The first-order chi connectivity index (χ1) is 6.39. The van der Waals surface area contributed by atoms with Gasteiger partial charge in [0.25, 0.3) is 0 Å². The van der Waals surface area contributed by atoms with E-state index in [1.807, 2.05) is 30.3 Å². The summed E-state index contributed by atoms with van der Waals surface area (Å²) in [6, 6.07) is 9.49. The number of hydrogen-bond acceptors (Lipinski definition) is 1. The molecule has 0 saturated carbocycles. The Morgan fingerprint density at radius 3 is 1.62 bits per heavy atom. The van der Waals surface area contributed by atoms with Gasteiger partial charge in [0.05, 0.1) is 0 Å². The van der Waals surface area contributed by atoms with Crippen LogP contribution in [0.4, 0.5) is 5.69 Å². The Labute approximate surface area is 79.6 Å². The lowest BCUT2D eigenvalue weighted by atomic mass is 10.2. The van der Waals surface area contributed by atoms with Crippen LogP contribution in [0.2, 0.25) is 0 Å². The summed E-state index contributed by atoms with van der Waals surface area (Å²) < 4.78 is 0. The van der Waals surface area contributed by atoms with Crippen molar-refractivity contribution in [2.24, 2.45) is 0 Å². The van der Waals surface area contributed by atoms with Crippen LogP contribution in [0.3, 0.4) is 0 Å². The molecule has 0 radical (unpaired) electrons. The van der Waals surface area contributed by atoms with E-state index in [2.05, 4.69) is 24.3 Å². The molecule has 0 heterocycles. The summed E-state index contributed by atoms with van der Waals surface area (Å²) in [6.45, 7) is 0. The van der Waals surface area contributed by atoms with Gasteiger partial charge in [-0.3, -0.25) is 0 Å². The third-order valence-corrected chi connectivity index (χ3v) is 1.68. The fraction of sp³-hybridized carbons (Fsp3) is 0.167. The number of rotatable bonds is 0. The van der Waals surface area contributed by atoms with Crippen molar-refractivity contribution < 1.29 is 0 Å². The van der Waals surface area contributed by atoms with Crippen molar-refractivity contribution in [3.05, 3.63) is 54.6 Å². The summed E-state index contributed by atoms with van der Waals surface area (Å²) >= 11 is 0. The first kappa shape index (κ1) is 9.59. The summed E-state index contributed by atoms with van der Waals surface area (Å²) in [5, 5.41) is 0. The van der Waals surface area contributed by atoms with Crippen molar-refractivity contribution >= 4 is 5.69 Å². The molecule has 2 rings (SSSR count). The van der Waals surface area contributed by atoms with Gasteiger partial charge in [-0.1, -0.05) is 42.5 Å². The van der Waals surface area contributed by atoms with Crippen LogP contribution >= 0.6 is 0 Å². The number of anilines is 1. The molecule has 0 atom stereocenters. The molecule has 0 fully saturated rings. The average molecular weight is 173 g/mol. The molecule has 0 bridgehead atoms. The maximum absolute atomic E-state index is 5.36. The van der Waals surface area contributed by atoms with E-state index in [1.165, 1.54) is 12.8 Å². The zero-order valence-corrected chi connectivity index (χ0v) is 7.69. The van der Waals surface area contributed by atoms with Crippen LogP contribution in [-0.2, 0) is 0 Å². The highest BCUT2D eigenvalue weighted by atomic mass is 14.5. The van der Waals surface area contributed by atoms with Gasteiger partial charge in [0, 0.05) is 5.69 Å². The Morgan fingerprint density at radius 1 is 0.846 bits per heavy atom. The Morgan fingerprint density at radius 2 is 1.38 bits per heavy atom. The van der Waals surface area contributed by atoms with Gasteiger partial charge < -0.3 is 5.73 Å². The maximum atomic E-state index is 5.36. The molecule has 68 valence electrons. The summed E-state index contributed by atoms with van der Waals surface area (Å²) in [5.41, 5.74) is 6.18. The first-order valence-corrected chi connectivity index (χ1v) is 4.52. The van der Waals surface area contributed by atoms with E-state index in [9.17, 15) is 0 Å². The molecule has 1 aromatic carbocycles. The SMILES string of the molecule is C1=CCCC=C1.Nc1ccccc1. The summed E-state index contributed by atoms with van der Waals surface area (Å²) in [6.07, 6.45) is 11.0. The van der Waals surface area contributed by atoms with Gasteiger partial charge in [-0.05, 0) is 25.0 Å². The lowest BCUT2D eigenvalue weighted by Crippen LogP contribution is -1.79. The van der Waals surface area contributed by atoms with Crippen molar-refractivity contribution in [2.45, 2.75) is 12.8 Å². The van der Waals surface area contributed by atoms with Gasteiger partial charge in [0.2, 0.25) is 0 Å². The fourth-order valence-corrected chi connectivity index (χ4v) is 0.995. The highest BCUT2D eigenvalue weighted by molar-refractivity contribution is 5.35. The van der Waals surface area contributed by atoms with Crippen molar-refractivity contribution in [3.63, 3.8) is 0 Å². The minimum atomic E-state index is 0.822. The van der Waals surface area contributed by atoms with Crippen LogP contribution in [0.1, 0.15) is 12.8 Å². The summed E-state index contributed by atoms with van der Waals surface area (Å²) in [5.74, 6) is 0. The van der Waals surface area contributed by atoms with E-state index < -0.39 is 0 Å². The van der Waals surface area contributed by atoms with Gasteiger partial charge in [-0.2, -0.15) is 0 Å². The molecule has 0 unspecified atom stereocenters. The molecule has 1 nitrogen and oxygen atoms in total. The highest BCUT2D eigenvalue weighted by Gasteiger charge is 1.77. The van der Waals surface area contributed by atoms with E-state index in [0.29, 0.717) is 0 Å². The lowest BCUT2D eigenvalue weighted by Gasteiger charge is -1.88. The topological polar surface area (TPSA) is 26.0 Å². The second-order valence-electron chi connectivity index (χ2n) is 2.84. The number of nitrogen functional groups attached to an aromatic ring is 1.